The Labute approximate surface area is 170 Å². The second-order valence-electron chi connectivity index (χ2n) is 7.41. The predicted octanol–water partition coefficient (Wildman–Crippen LogP) is 5.42. The molecule has 1 aromatic heterocycles. The third-order valence-electron chi connectivity index (χ3n) is 6.35. The topological polar surface area (TPSA) is 59.1 Å². The van der Waals surface area contributed by atoms with Gasteiger partial charge in [0.15, 0.2) is 0 Å². The molecule has 8 heteroatoms. The van der Waals surface area contributed by atoms with Crippen LogP contribution in [-0.4, -0.2) is 37.4 Å². The second kappa shape index (κ2) is 10.4. The lowest BCUT2D eigenvalue weighted by Crippen LogP contribution is -2.48. The van der Waals surface area contributed by atoms with Crippen LogP contribution in [0.5, 0.6) is 0 Å². The van der Waals surface area contributed by atoms with E-state index in [4.69, 9.17) is 5.73 Å². The number of halogens is 4. The largest absolute Gasteiger partial charge is 0.394 e. The monoisotopic (exact) mass is 468 g/mol. The van der Waals surface area contributed by atoms with Crippen LogP contribution >= 0.6 is 15.9 Å². The van der Waals surface area contributed by atoms with E-state index in [1.54, 1.807) is 12.1 Å². The van der Waals surface area contributed by atoms with Crippen molar-refractivity contribution >= 4 is 24.0 Å². The van der Waals surface area contributed by atoms with Gasteiger partial charge in [-0.15, -0.1) is 0 Å². The fourth-order valence-electron chi connectivity index (χ4n) is 3.96. The molecule has 2 unspecified atom stereocenters. The smallest absolute Gasteiger partial charge is 0.264 e. The lowest BCUT2D eigenvalue weighted by Gasteiger charge is -2.37. The van der Waals surface area contributed by atoms with E-state index in [0.29, 0.717) is 10.2 Å². The summed E-state index contributed by atoms with van der Waals surface area (Å²) in [6.07, 6.45) is -3.49. The maximum absolute atomic E-state index is 15.1. The molecular weight excluding hydrogens is 437 g/mol. The average Bonchev–Trinajstić information content (AvgIpc) is 2.67. The number of hydrogen-bond acceptors (Lipinski definition) is 3. The highest BCUT2D eigenvalue weighted by molar-refractivity contribution is 9.10. The van der Waals surface area contributed by atoms with Gasteiger partial charge in [-0.1, -0.05) is 51.9 Å². The number of nitrogens with two attached hydrogens (primary N) is 1. The van der Waals surface area contributed by atoms with Crippen LogP contribution in [0.1, 0.15) is 45.4 Å². The predicted molar refractivity (Wildman–Crippen MR) is 111 cm³/mol. The van der Waals surface area contributed by atoms with Gasteiger partial charge in [0.1, 0.15) is 16.3 Å². The van der Waals surface area contributed by atoms with E-state index in [0.717, 1.165) is 18.1 Å². The van der Waals surface area contributed by atoms with Crippen LogP contribution in [0.4, 0.5) is 13.2 Å². The van der Waals surface area contributed by atoms with E-state index in [9.17, 15) is 13.9 Å². The Morgan fingerprint density at radius 2 is 1.74 bits per heavy atom. The molecule has 0 radical (unpaired) electrons. The highest BCUT2D eigenvalue weighted by atomic mass is 79.9. The summed E-state index contributed by atoms with van der Waals surface area (Å²) >= 11 is 3.16. The lowest BCUT2D eigenvalue weighted by molar-refractivity contribution is 0.0124. The van der Waals surface area contributed by atoms with Crippen molar-refractivity contribution in [3.63, 3.8) is 0 Å². The molecule has 0 saturated heterocycles. The molecule has 0 bridgehead atoms. The van der Waals surface area contributed by atoms with Crippen molar-refractivity contribution in [2.45, 2.75) is 82.3 Å². The van der Waals surface area contributed by atoms with E-state index in [-0.39, 0.29) is 24.1 Å². The zero-order chi connectivity index (χ0) is 20.8. The van der Waals surface area contributed by atoms with Crippen LogP contribution in [0.25, 0.3) is 0 Å². The second-order valence-corrected chi connectivity index (χ2v) is 14.0. The number of pyridine rings is 1. The molecule has 1 aromatic rings. The number of aromatic nitrogens is 1. The van der Waals surface area contributed by atoms with Crippen molar-refractivity contribution < 1.29 is 18.3 Å². The maximum Gasteiger partial charge on any atom is 0.264 e. The molecule has 0 fully saturated rings. The third-order valence-corrected chi connectivity index (χ3v) is 13.3. The van der Waals surface area contributed by atoms with Gasteiger partial charge >= 0.3 is 0 Å². The molecule has 156 valence electrons. The molecule has 27 heavy (non-hydrogen) atoms. The quantitative estimate of drug-likeness (QED) is 0.336. The maximum atomic E-state index is 15.1. The van der Waals surface area contributed by atoms with Gasteiger partial charge in [0.25, 0.3) is 6.43 Å². The van der Waals surface area contributed by atoms with Crippen molar-refractivity contribution in [2.24, 2.45) is 5.73 Å². The first-order chi connectivity index (χ1) is 12.6. The summed E-state index contributed by atoms with van der Waals surface area (Å²) in [4.78, 5) is 4.10. The van der Waals surface area contributed by atoms with Crippen molar-refractivity contribution in [3.8, 4) is 0 Å². The fourth-order valence-corrected chi connectivity index (χ4v) is 8.63. The van der Waals surface area contributed by atoms with Crippen LogP contribution < -0.4 is 5.73 Å². The number of aliphatic hydroxyl groups is 1. The van der Waals surface area contributed by atoms with E-state index >= 15 is 4.39 Å². The van der Waals surface area contributed by atoms with Gasteiger partial charge in [0.05, 0.1) is 20.4 Å². The standard InChI is InChI=1S/C19H32BrF3N2OSi/c1-5-27(6-2,7-3)13(4)15(21)10-8-14-9-11-16(20)25-17(14)19(24,12-26)18(22)23/h9,11,13,15,18,26H,5-8,10,12,24H2,1-4H3/t13?,15?,19-/m0/s1. The Hall–Kier alpha value is -0.443. The SMILES string of the molecule is CC[Si](CC)(CC)C(C)C(F)CCc1ccc(Br)nc1[C@@](N)(CO)C(F)F. The Balaban J connectivity index is 3.07. The molecule has 0 saturated carbocycles. The van der Waals surface area contributed by atoms with E-state index in [1.807, 2.05) is 6.92 Å². The van der Waals surface area contributed by atoms with Crippen molar-refractivity contribution in [1.29, 1.82) is 0 Å². The Kier molecular flexibility index (Phi) is 9.44. The molecule has 0 aliphatic rings. The van der Waals surface area contributed by atoms with Gasteiger partial charge in [-0.2, -0.15) is 0 Å². The van der Waals surface area contributed by atoms with Crippen molar-refractivity contribution in [2.75, 3.05) is 6.61 Å². The zero-order valence-corrected chi connectivity index (χ0v) is 19.2. The minimum absolute atomic E-state index is 0.0000632. The molecule has 1 heterocycles. The first-order valence-corrected chi connectivity index (χ1v) is 13.1. The number of aliphatic hydroxyl groups excluding tert-OH is 1. The number of nitrogens with zero attached hydrogens (tertiary/aromatic N) is 1. The van der Waals surface area contributed by atoms with Crippen molar-refractivity contribution in [3.05, 3.63) is 28.0 Å². The minimum Gasteiger partial charge on any atom is -0.394 e. The van der Waals surface area contributed by atoms with Crippen LogP contribution in [0.2, 0.25) is 23.7 Å². The third kappa shape index (κ3) is 5.34. The summed E-state index contributed by atoms with van der Waals surface area (Å²) in [5.74, 6) is 0. The number of hydrogen-bond donors (Lipinski definition) is 2. The summed E-state index contributed by atoms with van der Waals surface area (Å²) in [7, 11) is -1.69. The van der Waals surface area contributed by atoms with E-state index in [1.165, 1.54) is 0 Å². The van der Waals surface area contributed by atoms with Gasteiger partial charge in [0.2, 0.25) is 0 Å². The summed E-state index contributed by atoms with van der Waals surface area (Å²) in [6.45, 7) is 7.49. The average molecular weight is 469 g/mol. The highest BCUT2D eigenvalue weighted by Gasteiger charge is 2.41. The minimum atomic E-state index is -2.98. The van der Waals surface area contributed by atoms with Gasteiger partial charge < -0.3 is 10.8 Å². The van der Waals surface area contributed by atoms with Crippen LogP contribution in [0.3, 0.4) is 0 Å². The molecule has 3 nitrogen and oxygen atoms in total. The van der Waals surface area contributed by atoms with Crippen LogP contribution in [0, 0.1) is 0 Å². The van der Waals surface area contributed by atoms with Gasteiger partial charge in [-0.05, 0) is 45.9 Å². The van der Waals surface area contributed by atoms with Crippen LogP contribution in [0.15, 0.2) is 16.7 Å². The molecule has 0 aliphatic heterocycles. The van der Waals surface area contributed by atoms with Gasteiger partial charge in [0, 0.05) is 0 Å². The molecular formula is C19H32BrF3N2OSi. The Morgan fingerprint density at radius 1 is 1.19 bits per heavy atom. The summed E-state index contributed by atoms with van der Waals surface area (Å²) in [5.41, 5.74) is 3.89. The van der Waals surface area contributed by atoms with Crippen molar-refractivity contribution in [1.82, 2.24) is 4.98 Å². The van der Waals surface area contributed by atoms with Crippen LogP contribution in [-0.2, 0) is 12.0 Å². The molecule has 1 rings (SSSR count). The molecule has 0 aliphatic carbocycles. The van der Waals surface area contributed by atoms with Gasteiger partial charge in [-0.25, -0.2) is 18.2 Å². The lowest BCUT2D eigenvalue weighted by atomic mass is 9.91. The zero-order valence-electron chi connectivity index (χ0n) is 16.6. The molecule has 0 amide bonds. The normalized spacial score (nSPS) is 17.0. The number of alkyl halides is 3. The molecule has 0 spiro atoms. The Bertz CT molecular complexity index is 596. The summed E-state index contributed by atoms with van der Waals surface area (Å²) in [5, 5.41) is 9.46. The highest BCUT2D eigenvalue weighted by Crippen LogP contribution is 2.38. The van der Waals surface area contributed by atoms with E-state index in [2.05, 4.69) is 41.7 Å². The van der Waals surface area contributed by atoms with Gasteiger partial charge in [-0.3, -0.25) is 0 Å². The first kappa shape index (κ1) is 24.6. The Morgan fingerprint density at radius 3 is 2.19 bits per heavy atom. The number of rotatable bonds is 11. The summed E-state index contributed by atoms with van der Waals surface area (Å²) in [6, 6.07) is 6.37. The fraction of sp³-hybridized carbons (Fsp3) is 0.737. The molecule has 3 N–H and O–H groups in total. The first-order valence-electron chi connectivity index (χ1n) is 9.59. The number of aryl methyl sites for hydroxylation is 1. The molecule has 0 aromatic carbocycles. The molecule has 3 atom stereocenters. The van der Waals surface area contributed by atoms with E-state index < -0.39 is 32.8 Å². The summed E-state index contributed by atoms with van der Waals surface area (Å²) < 4.78 is 42.4.